The molecule has 198 valence electrons. The third kappa shape index (κ3) is 5.38. The van der Waals surface area contributed by atoms with Crippen molar-refractivity contribution in [3.63, 3.8) is 0 Å². The molecule has 8 heteroatoms. The van der Waals surface area contributed by atoms with Crippen LogP contribution in [0.15, 0.2) is 18.6 Å². The van der Waals surface area contributed by atoms with E-state index in [2.05, 4.69) is 26.7 Å². The first kappa shape index (κ1) is 25.4. The second kappa shape index (κ2) is 11.4. The number of carbonyl (C=O) groups is 2. The summed E-state index contributed by atoms with van der Waals surface area (Å²) in [6.45, 7) is 6.57. The van der Waals surface area contributed by atoms with Gasteiger partial charge >= 0.3 is 6.09 Å². The van der Waals surface area contributed by atoms with Gasteiger partial charge in [0.05, 0.1) is 12.2 Å². The summed E-state index contributed by atoms with van der Waals surface area (Å²) in [5.41, 5.74) is 0.106. The van der Waals surface area contributed by atoms with Crippen molar-refractivity contribution in [3.8, 4) is 0 Å². The summed E-state index contributed by atoms with van der Waals surface area (Å²) in [6.07, 6.45) is 18.3. The van der Waals surface area contributed by atoms with Gasteiger partial charge in [0.15, 0.2) is 0 Å². The third-order valence-electron chi connectivity index (χ3n) is 9.21. The van der Waals surface area contributed by atoms with Crippen LogP contribution in [0.4, 0.5) is 4.79 Å². The third-order valence-corrected chi connectivity index (χ3v) is 9.21. The lowest BCUT2D eigenvalue weighted by molar-refractivity contribution is -0.0386. The molecule has 0 radical (unpaired) electrons. The van der Waals surface area contributed by atoms with Crippen LogP contribution >= 0.6 is 0 Å². The molecule has 0 N–H and O–H groups in total. The molecule has 4 heterocycles. The Labute approximate surface area is 215 Å². The lowest BCUT2D eigenvalue weighted by atomic mass is 9.80. The number of carbonyl (C=O) groups excluding carboxylic acids is 2. The van der Waals surface area contributed by atoms with E-state index in [1.807, 2.05) is 4.90 Å². The van der Waals surface area contributed by atoms with Gasteiger partial charge in [-0.1, -0.05) is 39.0 Å². The van der Waals surface area contributed by atoms with Gasteiger partial charge in [0.1, 0.15) is 11.3 Å². The van der Waals surface area contributed by atoms with Gasteiger partial charge < -0.3 is 14.5 Å². The van der Waals surface area contributed by atoms with E-state index in [-0.39, 0.29) is 23.6 Å². The van der Waals surface area contributed by atoms with Crippen LogP contribution < -0.4 is 0 Å². The molecule has 1 unspecified atom stereocenters. The number of hydrogen-bond donors (Lipinski definition) is 0. The molecule has 1 atom stereocenters. The van der Waals surface area contributed by atoms with E-state index in [0.29, 0.717) is 17.7 Å². The molecule has 1 aliphatic carbocycles. The molecule has 0 aromatic carbocycles. The highest BCUT2D eigenvalue weighted by atomic mass is 16.6. The summed E-state index contributed by atoms with van der Waals surface area (Å²) in [5.74, 6) is 0.620. The lowest BCUT2D eigenvalue weighted by Crippen LogP contribution is -2.56. The summed E-state index contributed by atoms with van der Waals surface area (Å²) >= 11 is 0. The van der Waals surface area contributed by atoms with Gasteiger partial charge in [0.2, 0.25) is 0 Å². The number of hydrogen-bond acceptors (Lipinski definition) is 6. The molecular formula is C28H43N5O3. The van der Waals surface area contributed by atoms with Gasteiger partial charge in [-0.2, -0.15) is 0 Å². The minimum absolute atomic E-state index is 0.0196. The molecule has 1 spiro atoms. The van der Waals surface area contributed by atoms with Crippen molar-refractivity contribution in [2.24, 2.45) is 5.92 Å². The zero-order chi connectivity index (χ0) is 25.0. The van der Waals surface area contributed by atoms with E-state index in [0.717, 1.165) is 77.7 Å². The molecule has 1 aromatic heterocycles. The fraction of sp³-hybridized carbons (Fsp3) is 0.786. The maximum atomic E-state index is 13.1. The van der Waals surface area contributed by atoms with Crippen LogP contribution in [-0.4, -0.2) is 87.1 Å². The van der Waals surface area contributed by atoms with Crippen LogP contribution in [0.1, 0.15) is 94.5 Å². The topological polar surface area (TPSA) is 78.9 Å². The quantitative estimate of drug-likeness (QED) is 0.552. The van der Waals surface area contributed by atoms with Crippen molar-refractivity contribution in [2.45, 2.75) is 102 Å². The van der Waals surface area contributed by atoms with Gasteiger partial charge in [-0.15, -0.1) is 0 Å². The Hall–Kier alpha value is -2.22. The SMILES string of the molecule is CCCCC1N(CC2CCCCC2)C(=O)OC12CCN(C1CCN(C(=O)c3cnccn3)CC1)CC2. The minimum atomic E-state index is -0.319. The first-order chi connectivity index (χ1) is 17.6. The number of amides is 2. The van der Waals surface area contributed by atoms with Crippen molar-refractivity contribution < 1.29 is 14.3 Å². The van der Waals surface area contributed by atoms with Crippen LogP contribution in [-0.2, 0) is 4.74 Å². The molecule has 1 saturated carbocycles. The fourth-order valence-corrected chi connectivity index (χ4v) is 7.09. The number of nitrogens with zero attached hydrogens (tertiary/aromatic N) is 5. The standard InChI is InChI=1S/C28H43N5O3/c1-2-3-9-25-28(36-27(35)33(25)21-22-7-5-4-6-8-22)12-18-31(19-13-28)23-10-16-32(17-11-23)26(34)24-20-29-14-15-30-24/h14-15,20,22-23,25H,2-13,16-19,21H2,1H3. The van der Waals surface area contributed by atoms with Crippen LogP contribution in [0.25, 0.3) is 0 Å². The number of ether oxygens (including phenoxy) is 1. The van der Waals surface area contributed by atoms with Gasteiger partial charge in [-0.3, -0.25) is 14.7 Å². The zero-order valence-electron chi connectivity index (χ0n) is 21.9. The summed E-state index contributed by atoms with van der Waals surface area (Å²) in [5, 5.41) is 0. The Bertz CT molecular complexity index is 874. The van der Waals surface area contributed by atoms with Crippen molar-refractivity contribution in [2.75, 3.05) is 32.7 Å². The molecule has 3 saturated heterocycles. The van der Waals surface area contributed by atoms with E-state index in [1.54, 1.807) is 18.6 Å². The van der Waals surface area contributed by atoms with Gasteiger partial charge in [-0.25, -0.2) is 9.78 Å². The maximum absolute atomic E-state index is 13.1. The predicted molar refractivity (Wildman–Crippen MR) is 138 cm³/mol. The van der Waals surface area contributed by atoms with Crippen LogP contribution in [0.2, 0.25) is 0 Å². The Morgan fingerprint density at radius 2 is 1.81 bits per heavy atom. The second-order valence-electron chi connectivity index (χ2n) is 11.4. The summed E-state index contributed by atoms with van der Waals surface area (Å²) in [4.78, 5) is 40.7. The summed E-state index contributed by atoms with van der Waals surface area (Å²) in [6, 6.07) is 0.707. The number of unbranched alkanes of at least 4 members (excludes halogenated alkanes) is 1. The molecule has 4 aliphatic rings. The summed E-state index contributed by atoms with van der Waals surface area (Å²) in [7, 11) is 0. The number of piperidine rings is 2. The number of likely N-dealkylation sites (tertiary alicyclic amines) is 2. The van der Waals surface area contributed by atoms with Crippen molar-refractivity contribution in [1.82, 2.24) is 24.7 Å². The van der Waals surface area contributed by atoms with E-state index in [1.165, 1.54) is 32.1 Å². The molecule has 8 nitrogen and oxygen atoms in total. The molecule has 0 bridgehead atoms. The van der Waals surface area contributed by atoms with Crippen molar-refractivity contribution in [3.05, 3.63) is 24.3 Å². The Balaban J connectivity index is 1.17. The maximum Gasteiger partial charge on any atom is 0.410 e. The van der Waals surface area contributed by atoms with E-state index >= 15 is 0 Å². The van der Waals surface area contributed by atoms with E-state index in [9.17, 15) is 9.59 Å². The van der Waals surface area contributed by atoms with Gasteiger partial charge in [-0.05, 0) is 38.0 Å². The fourth-order valence-electron chi connectivity index (χ4n) is 7.09. The molecular weight excluding hydrogens is 454 g/mol. The van der Waals surface area contributed by atoms with Crippen LogP contribution in [0, 0.1) is 5.92 Å². The molecule has 4 fully saturated rings. The highest BCUT2D eigenvalue weighted by Crippen LogP contribution is 2.42. The normalized spacial score (nSPS) is 25.9. The first-order valence-corrected chi connectivity index (χ1v) is 14.4. The highest BCUT2D eigenvalue weighted by molar-refractivity contribution is 5.92. The molecule has 5 rings (SSSR count). The largest absolute Gasteiger partial charge is 0.440 e. The number of aromatic nitrogens is 2. The number of rotatable bonds is 7. The zero-order valence-corrected chi connectivity index (χ0v) is 21.9. The highest BCUT2D eigenvalue weighted by Gasteiger charge is 2.55. The average Bonchev–Trinajstić information content (AvgIpc) is 3.18. The van der Waals surface area contributed by atoms with Crippen LogP contribution in [0.5, 0.6) is 0 Å². The van der Waals surface area contributed by atoms with E-state index < -0.39 is 0 Å². The molecule has 2 amide bonds. The van der Waals surface area contributed by atoms with Gasteiger partial charge in [0.25, 0.3) is 5.91 Å². The summed E-state index contributed by atoms with van der Waals surface area (Å²) < 4.78 is 6.28. The Morgan fingerprint density at radius 3 is 2.47 bits per heavy atom. The molecule has 1 aromatic rings. The molecule has 3 aliphatic heterocycles. The molecule has 36 heavy (non-hydrogen) atoms. The second-order valence-corrected chi connectivity index (χ2v) is 11.4. The first-order valence-electron chi connectivity index (χ1n) is 14.4. The van der Waals surface area contributed by atoms with Crippen LogP contribution in [0.3, 0.4) is 0 Å². The lowest BCUT2D eigenvalue weighted by Gasteiger charge is -2.46. The van der Waals surface area contributed by atoms with E-state index in [4.69, 9.17) is 4.74 Å². The minimum Gasteiger partial charge on any atom is -0.440 e. The van der Waals surface area contributed by atoms with Gasteiger partial charge in [0, 0.05) is 64.0 Å². The average molecular weight is 498 g/mol. The monoisotopic (exact) mass is 497 g/mol. The predicted octanol–water partition coefficient (Wildman–Crippen LogP) is 4.51. The van der Waals surface area contributed by atoms with Crippen molar-refractivity contribution in [1.29, 1.82) is 0 Å². The Morgan fingerprint density at radius 1 is 1.06 bits per heavy atom. The Kier molecular flexibility index (Phi) is 8.09. The van der Waals surface area contributed by atoms with Crippen molar-refractivity contribution >= 4 is 12.0 Å². The smallest absolute Gasteiger partial charge is 0.410 e.